The summed E-state index contributed by atoms with van der Waals surface area (Å²) < 4.78 is 5.58. The summed E-state index contributed by atoms with van der Waals surface area (Å²) in [5.41, 5.74) is 1.66. The molecule has 0 aliphatic carbocycles. The number of fused-ring (bicyclic) bond motifs is 1. The molecule has 2 aromatic rings. The Morgan fingerprint density at radius 3 is 2.55 bits per heavy atom. The summed E-state index contributed by atoms with van der Waals surface area (Å²) in [5, 5.41) is 2.91. The molecule has 1 N–H and O–H groups in total. The lowest BCUT2D eigenvalue weighted by Gasteiger charge is -2.37. The molecule has 2 fully saturated rings. The second-order valence-electron chi connectivity index (χ2n) is 7.83. The molecule has 7 heteroatoms. The van der Waals surface area contributed by atoms with E-state index in [1.54, 1.807) is 40.9 Å². The molecule has 0 aromatic heterocycles. The highest BCUT2D eigenvalue weighted by Gasteiger charge is 2.45. The van der Waals surface area contributed by atoms with E-state index in [-0.39, 0.29) is 30.3 Å². The normalized spacial score (nSPS) is 21.4. The highest BCUT2D eigenvalue weighted by Crippen LogP contribution is 2.27. The number of carbonyl (C=O) groups is 3. The van der Waals surface area contributed by atoms with Crippen molar-refractivity contribution < 1.29 is 19.1 Å². The topological polar surface area (TPSA) is 75.7 Å². The number of rotatable bonds is 7. The molecule has 0 saturated carbocycles. The highest BCUT2D eigenvalue weighted by atomic mass is 32.2. The third-order valence-corrected chi connectivity index (χ3v) is 6.77. The van der Waals surface area contributed by atoms with Crippen LogP contribution >= 0.6 is 11.8 Å². The average Bonchev–Trinajstić information content (AvgIpc) is 3.20. The van der Waals surface area contributed by atoms with Crippen molar-refractivity contribution in [1.29, 1.82) is 0 Å². The van der Waals surface area contributed by atoms with Crippen LogP contribution in [0.2, 0.25) is 0 Å². The standard InChI is InChI=1S/C24H26N2O4S/c27-20-14-30-21-12-7-13-26(22(20)21)24(29)19(16-31-15-17-8-3-1-4-9-17)25-23(28)18-10-5-2-6-11-18/h1-6,8-11,19,21-22H,7,12-16H2,(H,25,28)/t19-,21-,22-/m0/s1. The van der Waals surface area contributed by atoms with Crippen LogP contribution in [0.25, 0.3) is 0 Å². The minimum Gasteiger partial charge on any atom is -0.368 e. The maximum absolute atomic E-state index is 13.5. The van der Waals surface area contributed by atoms with Gasteiger partial charge in [0.15, 0.2) is 5.78 Å². The van der Waals surface area contributed by atoms with Crippen LogP contribution in [0, 0.1) is 0 Å². The van der Waals surface area contributed by atoms with Gasteiger partial charge in [-0.25, -0.2) is 0 Å². The van der Waals surface area contributed by atoms with Crippen molar-refractivity contribution in [2.24, 2.45) is 0 Å². The van der Waals surface area contributed by atoms with E-state index in [0.717, 1.165) is 24.2 Å². The van der Waals surface area contributed by atoms with E-state index in [9.17, 15) is 14.4 Å². The average molecular weight is 439 g/mol. The molecule has 0 unspecified atom stereocenters. The second-order valence-corrected chi connectivity index (χ2v) is 8.86. The Bertz CT molecular complexity index is 922. The van der Waals surface area contributed by atoms with Crippen molar-refractivity contribution in [1.82, 2.24) is 10.2 Å². The number of hydrogen-bond donors (Lipinski definition) is 1. The molecule has 4 rings (SSSR count). The van der Waals surface area contributed by atoms with Gasteiger partial charge in [0.1, 0.15) is 18.7 Å². The first-order chi connectivity index (χ1) is 15.1. The van der Waals surface area contributed by atoms with Gasteiger partial charge in [-0.3, -0.25) is 14.4 Å². The summed E-state index contributed by atoms with van der Waals surface area (Å²) in [6, 6.07) is 17.6. The van der Waals surface area contributed by atoms with Gasteiger partial charge in [-0.1, -0.05) is 48.5 Å². The monoisotopic (exact) mass is 438 g/mol. The zero-order valence-corrected chi connectivity index (χ0v) is 18.1. The fraction of sp³-hybridized carbons (Fsp3) is 0.375. The van der Waals surface area contributed by atoms with Crippen molar-refractivity contribution in [3.05, 3.63) is 71.8 Å². The molecule has 0 spiro atoms. The van der Waals surface area contributed by atoms with Crippen molar-refractivity contribution in [2.75, 3.05) is 18.9 Å². The van der Waals surface area contributed by atoms with E-state index in [2.05, 4.69) is 5.32 Å². The Hall–Kier alpha value is -2.64. The molecule has 2 aliphatic rings. The minimum atomic E-state index is -0.714. The molecule has 31 heavy (non-hydrogen) atoms. The van der Waals surface area contributed by atoms with Gasteiger partial charge < -0.3 is 15.0 Å². The first-order valence-corrected chi connectivity index (χ1v) is 11.7. The number of benzene rings is 2. The van der Waals surface area contributed by atoms with Crippen LogP contribution in [-0.4, -0.2) is 59.6 Å². The third kappa shape index (κ3) is 5.17. The number of carbonyl (C=O) groups excluding carboxylic acids is 3. The molecule has 6 nitrogen and oxygen atoms in total. The quantitative estimate of drug-likeness (QED) is 0.719. The van der Waals surface area contributed by atoms with Crippen LogP contribution < -0.4 is 5.32 Å². The van der Waals surface area contributed by atoms with Crippen LogP contribution in [0.3, 0.4) is 0 Å². The number of nitrogens with one attached hydrogen (secondary N) is 1. The summed E-state index contributed by atoms with van der Waals surface area (Å²) >= 11 is 1.59. The van der Waals surface area contributed by atoms with Gasteiger partial charge in [0.05, 0.1) is 6.10 Å². The van der Waals surface area contributed by atoms with E-state index < -0.39 is 12.1 Å². The summed E-state index contributed by atoms with van der Waals surface area (Å²) in [6.45, 7) is 0.569. The number of amides is 2. The lowest BCUT2D eigenvalue weighted by atomic mass is 9.97. The van der Waals surface area contributed by atoms with Crippen LogP contribution in [0.1, 0.15) is 28.8 Å². The smallest absolute Gasteiger partial charge is 0.251 e. The van der Waals surface area contributed by atoms with Gasteiger partial charge in [-0.2, -0.15) is 11.8 Å². The largest absolute Gasteiger partial charge is 0.368 e. The lowest BCUT2D eigenvalue weighted by molar-refractivity contribution is -0.141. The van der Waals surface area contributed by atoms with Crippen molar-refractivity contribution in [3.63, 3.8) is 0 Å². The summed E-state index contributed by atoms with van der Waals surface area (Å²) in [5.74, 6) is 0.609. The summed E-state index contributed by atoms with van der Waals surface area (Å²) in [6.07, 6.45) is 1.34. The lowest BCUT2D eigenvalue weighted by Crippen LogP contribution is -2.58. The zero-order valence-electron chi connectivity index (χ0n) is 17.2. The SMILES string of the molecule is O=C(N[C@@H](CSCc1ccccc1)C(=O)N1CCC[C@@H]2OCC(=O)[C@@H]21)c1ccccc1. The molecule has 2 saturated heterocycles. The highest BCUT2D eigenvalue weighted by molar-refractivity contribution is 7.98. The van der Waals surface area contributed by atoms with Crippen molar-refractivity contribution in [2.45, 2.75) is 36.8 Å². The minimum absolute atomic E-state index is 0.0527. The molecule has 2 heterocycles. The Balaban J connectivity index is 1.48. The van der Waals surface area contributed by atoms with E-state index in [0.29, 0.717) is 17.9 Å². The molecular weight excluding hydrogens is 412 g/mol. The molecular formula is C24H26N2O4S. The number of Topliss-reactive ketones (excluding diaryl/α,β-unsaturated/α-hetero) is 1. The zero-order chi connectivity index (χ0) is 21.6. The third-order valence-electron chi connectivity index (χ3n) is 5.66. The molecule has 2 aliphatic heterocycles. The predicted molar refractivity (Wildman–Crippen MR) is 120 cm³/mol. The van der Waals surface area contributed by atoms with Crippen LogP contribution in [0.5, 0.6) is 0 Å². The van der Waals surface area contributed by atoms with Gasteiger partial charge in [0.25, 0.3) is 5.91 Å². The molecule has 0 radical (unpaired) electrons. The molecule has 2 amide bonds. The maximum Gasteiger partial charge on any atom is 0.251 e. The number of hydrogen-bond acceptors (Lipinski definition) is 5. The van der Waals surface area contributed by atoms with Gasteiger partial charge in [0.2, 0.25) is 5.91 Å². The second kappa shape index (κ2) is 10.1. The fourth-order valence-corrected chi connectivity index (χ4v) is 5.12. The van der Waals surface area contributed by atoms with E-state index in [4.69, 9.17) is 4.74 Å². The summed E-state index contributed by atoms with van der Waals surface area (Å²) in [7, 11) is 0. The fourth-order valence-electron chi connectivity index (χ4n) is 4.11. The Morgan fingerprint density at radius 1 is 1.10 bits per heavy atom. The number of nitrogens with zero attached hydrogens (tertiary/aromatic N) is 1. The Morgan fingerprint density at radius 2 is 1.81 bits per heavy atom. The van der Waals surface area contributed by atoms with Crippen LogP contribution in [-0.2, 0) is 20.1 Å². The molecule has 2 aromatic carbocycles. The number of likely N-dealkylation sites (tertiary alicyclic amines) is 1. The van der Waals surface area contributed by atoms with E-state index in [1.165, 1.54) is 0 Å². The number of thioether (sulfide) groups is 1. The Labute approximate surface area is 186 Å². The van der Waals surface area contributed by atoms with Gasteiger partial charge >= 0.3 is 0 Å². The van der Waals surface area contributed by atoms with Gasteiger partial charge in [-0.05, 0) is 30.5 Å². The number of ketones is 1. The van der Waals surface area contributed by atoms with E-state index in [1.807, 2.05) is 36.4 Å². The number of ether oxygens (including phenoxy) is 1. The molecule has 3 atom stereocenters. The van der Waals surface area contributed by atoms with Crippen LogP contribution in [0.4, 0.5) is 0 Å². The van der Waals surface area contributed by atoms with Crippen LogP contribution in [0.15, 0.2) is 60.7 Å². The predicted octanol–water partition coefficient (Wildman–Crippen LogP) is 2.68. The first kappa shape index (κ1) is 21.6. The molecule has 0 bridgehead atoms. The number of piperidine rings is 1. The maximum atomic E-state index is 13.5. The van der Waals surface area contributed by atoms with Gasteiger partial charge in [-0.15, -0.1) is 0 Å². The van der Waals surface area contributed by atoms with Crippen molar-refractivity contribution in [3.8, 4) is 0 Å². The summed E-state index contributed by atoms with van der Waals surface area (Å²) in [4.78, 5) is 40.3. The van der Waals surface area contributed by atoms with Gasteiger partial charge in [0, 0.05) is 23.6 Å². The van der Waals surface area contributed by atoms with E-state index >= 15 is 0 Å². The van der Waals surface area contributed by atoms with Crippen molar-refractivity contribution >= 4 is 29.4 Å². The Kier molecular flexibility index (Phi) is 7.04. The first-order valence-electron chi connectivity index (χ1n) is 10.6. The molecule has 162 valence electrons.